The third-order valence-electron chi connectivity index (χ3n) is 4.44. The first-order valence-electron chi connectivity index (χ1n) is 7.16. The van der Waals surface area contributed by atoms with Crippen LogP contribution in [-0.2, 0) is 0 Å². The number of rotatable bonds is 3. The zero-order chi connectivity index (χ0) is 13.2. The molecule has 3 rings (SSSR count). The van der Waals surface area contributed by atoms with Gasteiger partial charge in [0.1, 0.15) is 0 Å². The number of piperazine rings is 1. The molecule has 0 bridgehead atoms. The lowest BCUT2D eigenvalue weighted by Crippen LogP contribution is -2.48. The minimum Gasteiger partial charge on any atom is -0.314 e. The molecule has 0 unspecified atom stereocenters. The summed E-state index contributed by atoms with van der Waals surface area (Å²) in [5.41, 5.74) is 0.548. The van der Waals surface area contributed by atoms with Gasteiger partial charge in [-0.25, -0.2) is 8.78 Å². The van der Waals surface area contributed by atoms with Gasteiger partial charge in [-0.3, -0.25) is 4.90 Å². The van der Waals surface area contributed by atoms with E-state index >= 15 is 0 Å². The van der Waals surface area contributed by atoms with Gasteiger partial charge in [-0.1, -0.05) is 18.6 Å². The van der Waals surface area contributed by atoms with Crippen LogP contribution in [0.2, 0.25) is 0 Å². The monoisotopic (exact) mass is 338 g/mol. The summed E-state index contributed by atoms with van der Waals surface area (Å²) >= 11 is 0. The SMILES string of the molecule is Cl.Cl.Fc1cccc([C@H](C2CCC2)N2CCNCC2)c1F. The number of benzene rings is 1. The fourth-order valence-electron chi connectivity index (χ4n) is 3.21. The summed E-state index contributed by atoms with van der Waals surface area (Å²) in [6.07, 6.45) is 3.47. The van der Waals surface area contributed by atoms with Crippen LogP contribution >= 0.6 is 24.8 Å². The lowest BCUT2D eigenvalue weighted by molar-refractivity contribution is 0.0807. The third-order valence-corrected chi connectivity index (χ3v) is 4.44. The van der Waals surface area contributed by atoms with Gasteiger partial charge in [0.2, 0.25) is 0 Å². The summed E-state index contributed by atoms with van der Waals surface area (Å²) in [7, 11) is 0. The smallest absolute Gasteiger partial charge is 0.163 e. The van der Waals surface area contributed by atoms with E-state index < -0.39 is 11.6 Å². The van der Waals surface area contributed by atoms with Crippen molar-refractivity contribution in [1.29, 1.82) is 0 Å². The molecule has 120 valence electrons. The second-order valence-electron chi connectivity index (χ2n) is 5.56. The van der Waals surface area contributed by atoms with E-state index in [4.69, 9.17) is 0 Å². The van der Waals surface area contributed by atoms with Crippen LogP contribution in [0.1, 0.15) is 30.9 Å². The fraction of sp³-hybridized carbons (Fsp3) is 0.600. The van der Waals surface area contributed by atoms with Crippen LogP contribution in [0, 0.1) is 17.6 Å². The molecule has 1 N–H and O–H groups in total. The average Bonchev–Trinajstić information content (AvgIpc) is 2.38. The second kappa shape index (κ2) is 8.28. The topological polar surface area (TPSA) is 15.3 Å². The zero-order valence-electron chi connectivity index (χ0n) is 11.9. The van der Waals surface area contributed by atoms with Crippen molar-refractivity contribution < 1.29 is 8.78 Å². The molecule has 2 aliphatic rings. The Morgan fingerprint density at radius 1 is 1.10 bits per heavy atom. The lowest BCUT2D eigenvalue weighted by Gasteiger charge is -2.43. The molecule has 0 amide bonds. The molecular weight excluding hydrogens is 317 g/mol. The Bertz CT molecular complexity index is 449. The molecule has 1 aromatic rings. The highest BCUT2D eigenvalue weighted by atomic mass is 35.5. The lowest BCUT2D eigenvalue weighted by atomic mass is 9.76. The molecule has 21 heavy (non-hydrogen) atoms. The van der Waals surface area contributed by atoms with Crippen molar-refractivity contribution in [2.75, 3.05) is 26.2 Å². The minimum atomic E-state index is -0.725. The standard InChI is InChI=1S/C15H20F2N2.2ClH/c16-13-6-2-5-12(14(13)17)15(11-3-1-4-11)19-9-7-18-8-10-19;;/h2,5-6,11,15,18H,1,3-4,7-10H2;2*1H/t15-;;/m0../s1. The molecule has 2 nitrogen and oxygen atoms in total. The van der Waals surface area contributed by atoms with Crippen LogP contribution in [0.3, 0.4) is 0 Å². The summed E-state index contributed by atoms with van der Waals surface area (Å²) < 4.78 is 27.6. The van der Waals surface area contributed by atoms with Gasteiger partial charge in [0.15, 0.2) is 11.6 Å². The van der Waals surface area contributed by atoms with Crippen molar-refractivity contribution in [3.63, 3.8) is 0 Å². The molecule has 1 aliphatic heterocycles. The summed E-state index contributed by atoms with van der Waals surface area (Å²) in [4.78, 5) is 2.32. The van der Waals surface area contributed by atoms with Crippen molar-refractivity contribution in [3.8, 4) is 0 Å². The van der Waals surface area contributed by atoms with Crippen molar-refractivity contribution in [1.82, 2.24) is 10.2 Å². The van der Waals surface area contributed by atoms with Crippen LogP contribution in [-0.4, -0.2) is 31.1 Å². The van der Waals surface area contributed by atoms with Crippen LogP contribution in [0.15, 0.2) is 18.2 Å². The Kier molecular flexibility index (Phi) is 7.34. The molecule has 6 heteroatoms. The van der Waals surface area contributed by atoms with Crippen LogP contribution in [0.25, 0.3) is 0 Å². The maximum Gasteiger partial charge on any atom is 0.163 e. The van der Waals surface area contributed by atoms with Gasteiger partial charge >= 0.3 is 0 Å². The maximum absolute atomic E-state index is 14.1. The highest BCUT2D eigenvalue weighted by Crippen LogP contribution is 2.42. The van der Waals surface area contributed by atoms with E-state index in [9.17, 15) is 8.78 Å². The highest BCUT2D eigenvalue weighted by Gasteiger charge is 2.35. The van der Waals surface area contributed by atoms with Gasteiger partial charge in [-0.15, -0.1) is 24.8 Å². The Morgan fingerprint density at radius 2 is 1.76 bits per heavy atom. The molecule has 1 saturated carbocycles. The quantitative estimate of drug-likeness (QED) is 0.906. The Labute approximate surface area is 137 Å². The molecule has 0 aromatic heterocycles. The molecule has 1 saturated heterocycles. The van der Waals surface area contributed by atoms with Gasteiger partial charge in [-0.05, 0) is 24.8 Å². The van der Waals surface area contributed by atoms with E-state index in [1.54, 1.807) is 12.1 Å². The largest absolute Gasteiger partial charge is 0.314 e. The van der Waals surface area contributed by atoms with Crippen molar-refractivity contribution >= 4 is 24.8 Å². The molecule has 1 atom stereocenters. The molecule has 2 fully saturated rings. The van der Waals surface area contributed by atoms with Gasteiger partial charge < -0.3 is 5.32 Å². The summed E-state index contributed by atoms with van der Waals surface area (Å²) in [5.74, 6) is -0.899. The van der Waals surface area contributed by atoms with Crippen molar-refractivity contribution in [2.24, 2.45) is 5.92 Å². The number of halogens is 4. The molecule has 1 aliphatic carbocycles. The van der Waals surface area contributed by atoms with E-state index in [0.29, 0.717) is 11.5 Å². The summed E-state index contributed by atoms with van der Waals surface area (Å²) in [5, 5.41) is 3.31. The van der Waals surface area contributed by atoms with Crippen molar-refractivity contribution in [2.45, 2.75) is 25.3 Å². The van der Waals surface area contributed by atoms with E-state index in [2.05, 4.69) is 10.2 Å². The minimum absolute atomic E-state index is 0. The zero-order valence-corrected chi connectivity index (χ0v) is 13.5. The van der Waals surface area contributed by atoms with Crippen LogP contribution < -0.4 is 5.32 Å². The van der Waals surface area contributed by atoms with Crippen LogP contribution in [0.5, 0.6) is 0 Å². The summed E-state index contributed by atoms with van der Waals surface area (Å²) in [6, 6.07) is 4.63. The fourth-order valence-corrected chi connectivity index (χ4v) is 3.21. The molecule has 1 aromatic carbocycles. The second-order valence-corrected chi connectivity index (χ2v) is 5.56. The van der Waals surface area contributed by atoms with Gasteiger partial charge in [-0.2, -0.15) is 0 Å². The van der Waals surface area contributed by atoms with Crippen molar-refractivity contribution in [3.05, 3.63) is 35.4 Å². The number of nitrogens with one attached hydrogen (secondary N) is 1. The highest BCUT2D eigenvalue weighted by molar-refractivity contribution is 5.85. The number of hydrogen-bond acceptors (Lipinski definition) is 2. The first kappa shape index (κ1) is 18.6. The predicted molar refractivity (Wildman–Crippen MR) is 85.4 cm³/mol. The van der Waals surface area contributed by atoms with Gasteiger partial charge in [0.05, 0.1) is 0 Å². The maximum atomic E-state index is 14.1. The number of hydrogen-bond donors (Lipinski definition) is 1. The predicted octanol–water partition coefficient (Wildman–Crippen LogP) is 3.55. The molecule has 1 heterocycles. The first-order valence-corrected chi connectivity index (χ1v) is 7.16. The normalized spacial score (nSPS) is 20.9. The molecular formula is C15H22Cl2F2N2. The van der Waals surface area contributed by atoms with E-state index in [-0.39, 0.29) is 30.9 Å². The average molecular weight is 339 g/mol. The molecule has 0 radical (unpaired) electrons. The Morgan fingerprint density at radius 3 is 2.33 bits per heavy atom. The van der Waals surface area contributed by atoms with E-state index in [1.165, 1.54) is 12.5 Å². The molecule has 0 spiro atoms. The third kappa shape index (κ3) is 3.86. The first-order chi connectivity index (χ1) is 9.27. The van der Waals surface area contributed by atoms with Gasteiger partial charge in [0, 0.05) is 37.8 Å². The van der Waals surface area contributed by atoms with E-state index in [1.807, 2.05) is 0 Å². The summed E-state index contributed by atoms with van der Waals surface area (Å²) in [6.45, 7) is 3.69. The van der Waals surface area contributed by atoms with Crippen LogP contribution in [0.4, 0.5) is 8.78 Å². The Hall–Kier alpha value is -0.420. The number of nitrogens with zero attached hydrogens (tertiary/aromatic N) is 1. The van der Waals surface area contributed by atoms with Gasteiger partial charge in [0.25, 0.3) is 0 Å². The van der Waals surface area contributed by atoms with E-state index in [0.717, 1.165) is 39.0 Å². The Balaban J connectivity index is 0.00000110.